The zero-order chi connectivity index (χ0) is 25.9. The normalized spacial score (nSPS) is 11.1. The fourth-order valence-corrected chi connectivity index (χ4v) is 4.33. The second kappa shape index (κ2) is 13.6. The van der Waals surface area contributed by atoms with Gasteiger partial charge in [-0.1, -0.05) is 94.8 Å². The van der Waals surface area contributed by atoms with Crippen LogP contribution in [0.25, 0.3) is 11.1 Å². The van der Waals surface area contributed by atoms with Gasteiger partial charge in [0.05, 0.1) is 12.1 Å². The van der Waals surface area contributed by atoms with Crippen LogP contribution in [0.4, 0.5) is 0 Å². The van der Waals surface area contributed by atoms with Gasteiger partial charge in [-0.2, -0.15) is 0 Å². The minimum absolute atomic E-state index is 0.245. The van der Waals surface area contributed by atoms with Gasteiger partial charge in [0.2, 0.25) is 0 Å². The van der Waals surface area contributed by atoms with E-state index in [2.05, 4.69) is 12.0 Å². The monoisotopic (exact) mass is 491 g/mol. The third kappa shape index (κ3) is 7.03. The average molecular weight is 492 g/mol. The molecule has 1 aromatic heterocycles. The maximum absolute atomic E-state index is 13.2. The first kappa shape index (κ1) is 27.1. The van der Waals surface area contributed by atoms with E-state index in [-0.39, 0.29) is 11.5 Å². The van der Waals surface area contributed by atoms with Gasteiger partial charge in [0.25, 0.3) is 5.91 Å². The second-order valence-corrected chi connectivity index (χ2v) is 9.26. The van der Waals surface area contributed by atoms with Crippen LogP contribution in [0.1, 0.15) is 98.2 Å². The van der Waals surface area contributed by atoms with Crippen LogP contribution in [-0.4, -0.2) is 31.3 Å². The minimum atomic E-state index is -0.972. The number of rotatable bonds is 14. The lowest BCUT2D eigenvalue weighted by molar-refractivity contribution is 0.0697. The summed E-state index contributed by atoms with van der Waals surface area (Å²) >= 11 is 0. The predicted molar refractivity (Wildman–Crippen MR) is 142 cm³/mol. The van der Waals surface area contributed by atoms with Gasteiger partial charge in [0, 0.05) is 12.8 Å². The first-order valence-electron chi connectivity index (χ1n) is 13.1. The van der Waals surface area contributed by atoms with E-state index in [0.717, 1.165) is 47.9 Å². The summed E-state index contributed by atoms with van der Waals surface area (Å²) in [5, 5.41) is 13.9. The molecule has 0 spiro atoms. The van der Waals surface area contributed by atoms with Gasteiger partial charge >= 0.3 is 11.7 Å². The number of nitrogens with zero attached hydrogens (tertiary/aromatic N) is 3. The Morgan fingerprint density at radius 2 is 1.53 bits per heavy atom. The molecule has 0 saturated carbocycles. The maximum Gasteiger partial charge on any atom is 0.353 e. The molecular formula is C29H37N3O4. The lowest BCUT2D eigenvalue weighted by Crippen LogP contribution is -2.30. The van der Waals surface area contributed by atoms with Gasteiger partial charge in [-0.15, -0.1) is 9.78 Å². The molecule has 0 amide bonds. The number of benzene rings is 2. The molecule has 0 radical (unpaired) electrons. The number of aromatic carboxylic acids is 1. The molecule has 1 heterocycles. The summed E-state index contributed by atoms with van der Waals surface area (Å²) in [4.78, 5) is 37.4. The zero-order valence-electron chi connectivity index (χ0n) is 21.4. The summed E-state index contributed by atoms with van der Waals surface area (Å²) in [5.74, 6) is -0.591. The molecule has 36 heavy (non-hydrogen) atoms. The molecule has 1 N–H and O–H groups in total. The lowest BCUT2D eigenvalue weighted by atomic mass is 9.99. The van der Waals surface area contributed by atoms with Crippen molar-refractivity contribution in [2.45, 2.75) is 84.6 Å². The first-order valence-corrected chi connectivity index (χ1v) is 13.1. The van der Waals surface area contributed by atoms with Crippen molar-refractivity contribution in [1.29, 1.82) is 0 Å². The van der Waals surface area contributed by atoms with E-state index in [0.29, 0.717) is 30.8 Å². The molecular weight excluding hydrogens is 454 g/mol. The molecule has 0 unspecified atom stereocenters. The Kier molecular flexibility index (Phi) is 10.2. The van der Waals surface area contributed by atoms with Crippen molar-refractivity contribution in [2.75, 3.05) is 0 Å². The molecule has 7 nitrogen and oxygen atoms in total. The highest BCUT2D eigenvalue weighted by molar-refractivity contribution is 5.96. The zero-order valence-corrected chi connectivity index (χ0v) is 21.4. The SMILES string of the molecule is CCCCCCCCc1nn(C(=O)CCCC)c(=O)n1Cc1ccc(-c2ccccc2C(=O)O)cc1. The lowest BCUT2D eigenvalue weighted by Gasteiger charge is -2.09. The molecule has 7 heteroatoms. The Balaban J connectivity index is 1.82. The summed E-state index contributed by atoms with van der Waals surface area (Å²) in [6.07, 6.45) is 9.37. The number of carboxylic acids is 1. The Morgan fingerprint density at radius 1 is 0.861 bits per heavy atom. The van der Waals surface area contributed by atoms with Crippen LogP contribution in [-0.2, 0) is 13.0 Å². The van der Waals surface area contributed by atoms with Crippen LogP contribution in [0.5, 0.6) is 0 Å². The largest absolute Gasteiger partial charge is 0.478 e. The number of carboxylic acid groups (broad SMARTS) is 1. The maximum atomic E-state index is 13.2. The average Bonchev–Trinajstić information content (AvgIpc) is 3.20. The molecule has 0 atom stereocenters. The first-order chi connectivity index (χ1) is 17.5. The summed E-state index contributed by atoms with van der Waals surface area (Å²) < 4.78 is 2.65. The third-order valence-corrected chi connectivity index (χ3v) is 6.44. The van der Waals surface area contributed by atoms with Crippen LogP contribution in [0, 0.1) is 0 Å². The molecule has 0 bridgehead atoms. The molecule has 3 rings (SSSR count). The van der Waals surface area contributed by atoms with Gasteiger partial charge in [0.15, 0.2) is 0 Å². The summed E-state index contributed by atoms with van der Waals surface area (Å²) in [6.45, 7) is 4.52. The van der Waals surface area contributed by atoms with Crippen LogP contribution >= 0.6 is 0 Å². The van der Waals surface area contributed by atoms with Crippen molar-refractivity contribution in [3.63, 3.8) is 0 Å². The molecule has 0 saturated heterocycles. The molecule has 3 aromatic rings. The van der Waals surface area contributed by atoms with E-state index in [9.17, 15) is 19.5 Å². The van der Waals surface area contributed by atoms with Gasteiger partial charge in [-0.3, -0.25) is 9.36 Å². The number of carbonyl (C=O) groups is 2. The van der Waals surface area contributed by atoms with Gasteiger partial charge in [-0.25, -0.2) is 9.59 Å². The van der Waals surface area contributed by atoms with Crippen molar-refractivity contribution in [3.05, 3.63) is 76.0 Å². The summed E-state index contributed by atoms with van der Waals surface area (Å²) in [5.41, 5.74) is 2.18. The van der Waals surface area contributed by atoms with Crippen LogP contribution in [0.15, 0.2) is 53.3 Å². The predicted octanol–water partition coefficient (Wildman–Crippen LogP) is 6.19. The highest BCUT2D eigenvalue weighted by Gasteiger charge is 2.18. The second-order valence-electron chi connectivity index (χ2n) is 9.26. The number of hydrogen-bond acceptors (Lipinski definition) is 4. The van der Waals surface area contributed by atoms with Crippen molar-refractivity contribution < 1.29 is 14.7 Å². The fourth-order valence-electron chi connectivity index (χ4n) is 4.33. The van der Waals surface area contributed by atoms with Crippen molar-refractivity contribution in [2.24, 2.45) is 0 Å². The van der Waals surface area contributed by atoms with Crippen LogP contribution < -0.4 is 5.69 Å². The highest BCUT2D eigenvalue weighted by Crippen LogP contribution is 2.24. The molecule has 0 fully saturated rings. The van der Waals surface area contributed by atoms with Gasteiger partial charge in [-0.05, 0) is 35.6 Å². The Bertz CT molecular complexity index is 1210. The number of hydrogen-bond donors (Lipinski definition) is 1. The molecule has 0 aliphatic rings. The van der Waals surface area contributed by atoms with E-state index in [1.165, 1.54) is 19.3 Å². The van der Waals surface area contributed by atoms with Crippen LogP contribution in [0.2, 0.25) is 0 Å². The van der Waals surface area contributed by atoms with Crippen molar-refractivity contribution in [3.8, 4) is 11.1 Å². The number of unbranched alkanes of at least 4 members (excludes halogenated alkanes) is 6. The Labute approximate surface area is 212 Å². The summed E-state index contributed by atoms with van der Waals surface area (Å²) in [6, 6.07) is 14.4. The van der Waals surface area contributed by atoms with Crippen molar-refractivity contribution in [1.82, 2.24) is 14.3 Å². The van der Waals surface area contributed by atoms with Crippen LogP contribution in [0.3, 0.4) is 0 Å². The quantitative estimate of drug-likeness (QED) is 0.271. The Hall–Kier alpha value is -3.48. The number of carbonyl (C=O) groups excluding carboxylic acids is 1. The topological polar surface area (TPSA) is 94.2 Å². The smallest absolute Gasteiger partial charge is 0.353 e. The minimum Gasteiger partial charge on any atom is -0.478 e. The molecule has 2 aromatic carbocycles. The Morgan fingerprint density at radius 3 is 2.22 bits per heavy atom. The molecule has 192 valence electrons. The number of aromatic nitrogens is 3. The molecule has 0 aliphatic carbocycles. The van der Waals surface area contributed by atoms with E-state index in [1.54, 1.807) is 22.8 Å². The fraction of sp³-hybridized carbons (Fsp3) is 0.448. The standard InChI is InChI=1S/C29H37N3O4/c1-3-5-7-8-9-10-15-26-30-32(27(33)16-6-4-2)29(36)31(26)21-22-17-19-23(20-18-22)24-13-11-12-14-25(24)28(34)35/h11-14,17-20H,3-10,15-16,21H2,1-2H3,(H,34,35). The van der Waals surface area contributed by atoms with Gasteiger partial charge in [0.1, 0.15) is 5.82 Å². The van der Waals surface area contributed by atoms with E-state index < -0.39 is 11.7 Å². The van der Waals surface area contributed by atoms with Crippen molar-refractivity contribution >= 4 is 11.9 Å². The van der Waals surface area contributed by atoms with E-state index in [1.807, 2.05) is 37.3 Å². The number of aryl methyl sites for hydroxylation is 1. The van der Waals surface area contributed by atoms with E-state index in [4.69, 9.17) is 0 Å². The van der Waals surface area contributed by atoms with Gasteiger partial charge < -0.3 is 5.11 Å². The molecule has 0 aliphatic heterocycles. The highest BCUT2D eigenvalue weighted by atomic mass is 16.4. The third-order valence-electron chi connectivity index (χ3n) is 6.44. The van der Waals surface area contributed by atoms with E-state index >= 15 is 0 Å². The summed E-state index contributed by atoms with van der Waals surface area (Å²) in [7, 11) is 0.